The van der Waals surface area contributed by atoms with Crippen LogP contribution in [0.25, 0.3) is 0 Å². The first-order valence-electron chi connectivity index (χ1n) is 8.60. The average Bonchev–Trinajstić information content (AvgIpc) is 3.15. The molecule has 2 aliphatic rings. The second-order valence-corrected chi connectivity index (χ2v) is 6.34. The van der Waals surface area contributed by atoms with E-state index >= 15 is 0 Å². The number of esters is 2. The first-order chi connectivity index (χ1) is 13.1. The SMILES string of the molecule is O=C(OC1C2COC(O2)C(OC(=O)c2ccccc2)C1O)c1ccccc1. The highest BCUT2D eigenvalue weighted by Crippen LogP contribution is 2.32. The molecule has 140 valence electrons. The van der Waals surface area contributed by atoms with Gasteiger partial charge in [-0.2, -0.15) is 0 Å². The van der Waals surface area contributed by atoms with Gasteiger partial charge in [-0.25, -0.2) is 9.59 Å². The number of rotatable bonds is 4. The van der Waals surface area contributed by atoms with Crippen molar-refractivity contribution in [1.29, 1.82) is 0 Å². The summed E-state index contributed by atoms with van der Waals surface area (Å²) in [6.45, 7) is 0.133. The van der Waals surface area contributed by atoms with Crippen molar-refractivity contribution in [3.05, 3.63) is 71.8 Å². The maximum absolute atomic E-state index is 12.3. The smallest absolute Gasteiger partial charge is 0.338 e. The van der Waals surface area contributed by atoms with Crippen molar-refractivity contribution >= 4 is 11.9 Å². The van der Waals surface area contributed by atoms with Gasteiger partial charge in [-0.15, -0.1) is 0 Å². The molecule has 2 fully saturated rings. The normalized spacial score (nSPS) is 29.1. The Balaban J connectivity index is 1.49. The van der Waals surface area contributed by atoms with Crippen LogP contribution >= 0.6 is 0 Å². The number of hydrogen-bond donors (Lipinski definition) is 1. The van der Waals surface area contributed by atoms with Crippen LogP contribution in [-0.4, -0.2) is 54.4 Å². The molecule has 0 saturated carbocycles. The van der Waals surface area contributed by atoms with Gasteiger partial charge in [0.05, 0.1) is 17.7 Å². The van der Waals surface area contributed by atoms with Crippen LogP contribution < -0.4 is 0 Å². The highest BCUT2D eigenvalue weighted by atomic mass is 16.8. The Morgan fingerprint density at radius 2 is 1.37 bits per heavy atom. The fourth-order valence-corrected chi connectivity index (χ4v) is 3.16. The lowest BCUT2D eigenvalue weighted by molar-refractivity contribution is -0.228. The van der Waals surface area contributed by atoms with E-state index in [-0.39, 0.29) is 6.61 Å². The molecule has 2 aromatic rings. The zero-order valence-electron chi connectivity index (χ0n) is 14.3. The monoisotopic (exact) mass is 370 g/mol. The molecule has 2 bridgehead atoms. The summed E-state index contributed by atoms with van der Waals surface area (Å²) in [6, 6.07) is 16.8. The van der Waals surface area contributed by atoms with Crippen LogP contribution in [0.4, 0.5) is 0 Å². The van der Waals surface area contributed by atoms with E-state index in [1.165, 1.54) is 0 Å². The summed E-state index contributed by atoms with van der Waals surface area (Å²) >= 11 is 0. The largest absolute Gasteiger partial charge is 0.453 e. The lowest BCUT2D eigenvalue weighted by Gasteiger charge is -2.36. The number of hydrogen-bond acceptors (Lipinski definition) is 7. The van der Waals surface area contributed by atoms with E-state index in [0.717, 1.165) is 0 Å². The molecule has 1 N–H and O–H groups in total. The van der Waals surface area contributed by atoms with Gasteiger partial charge < -0.3 is 24.1 Å². The first-order valence-corrected chi connectivity index (χ1v) is 8.60. The van der Waals surface area contributed by atoms with Crippen LogP contribution in [0.3, 0.4) is 0 Å². The Kier molecular flexibility index (Phi) is 4.89. The van der Waals surface area contributed by atoms with Crippen molar-refractivity contribution in [2.45, 2.75) is 30.7 Å². The molecular formula is C20H18O7. The predicted octanol–water partition coefficient (Wildman–Crippen LogP) is 1.55. The standard InChI is InChI=1S/C20H18O7/c21-15-16(26-18(22)12-7-3-1-4-8-12)14-11-24-20(25-14)17(15)27-19(23)13-9-5-2-6-10-13/h1-10,14-17,20-21H,11H2. The van der Waals surface area contributed by atoms with Gasteiger partial charge in [-0.3, -0.25) is 0 Å². The third-order valence-electron chi connectivity index (χ3n) is 4.55. The first kappa shape index (κ1) is 17.7. The van der Waals surface area contributed by atoms with Crippen molar-refractivity contribution in [2.75, 3.05) is 6.61 Å². The summed E-state index contributed by atoms with van der Waals surface area (Å²) in [5, 5.41) is 10.7. The number of benzene rings is 2. The Labute approximate surface area is 155 Å². The van der Waals surface area contributed by atoms with Gasteiger partial charge in [-0.05, 0) is 24.3 Å². The van der Waals surface area contributed by atoms with Gasteiger partial charge in [0.15, 0.2) is 18.5 Å². The van der Waals surface area contributed by atoms with Crippen molar-refractivity contribution < 1.29 is 33.6 Å². The lowest BCUT2D eigenvalue weighted by atomic mass is 10.0. The molecule has 2 saturated heterocycles. The van der Waals surface area contributed by atoms with Gasteiger partial charge in [-0.1, -0.05) is 36.4 Å². The van der Waals surface area contributed by atoms with Crippen molar-refractivity contribution in [3.63, 3.8) is 0 Å². The third-order valence-corrected chi connectivity index (χ3v) is 4.55. The molecule has 5 unspecified atom stereocenters. The van der Waals surface area contributed by atoms with E-state index in [1.54, 1.807) is 60.7 Å². The maximum Gasteiger partial charge on any atom is 0.338 e. The molecule has 27 heavy (non-hydrogen) atoms. The summed E-state index contributed by atoms with van der Waals surface area (Å²) in [6.07, 6.45) is -4.90. The molecular weight excluding hydrogens is 352 g/mol. The summed E-state index contributed by atoms with van der Waals surface area (Å²) in [4.78, 5) is 24.7. The second-order valence-electron chi connectivity index (χ2n) is 6.34. The Bertz CT molecular complexity index is 740. The molecule has 7 heteroatoms. The Morgan fingerprint density at radius 3 is 1.93 bits per heavy atom. The molecule has 0 aromatic heterocycles. The van der Waals surface area contributed by atoms with Crippen LogP contribution in [0.5, 0.6) is 0 Å². The van der Waals surface area contributed by atoms with Crippen molar-refractivity contribution in [1.82, 2.24) is 0 Å². The summed E-state index contributed by atoms with van der Waals surface area (Å²) < 4.78 is 22.0. The van der Waals surface area contributed by atoms with Crippen molar-refractivity contribution in [2.24, 2.45) is 0 Å². The molecule has 7 nitrogen and oxygen atoms in total. The molecule has 4 rings (SSSR count). The van der Waals surface area contributed by atoms with E-state index < -0.39 is 42.6 Å². The van der Waals surface area contributed by atoms with Gasteiger partial charge in [0.25, 0.3) is 0 Å². The molecule has 2 aliphatic heterocycles. The van der Waals surface area contributed by atoms with Crippen LogP contribution in [0.1, 0.15) is 20.7 Å². The maximum atomic E-state index is 12.3. The van der Waals surface area contributed by atoms with E-state index in [0.29, 0.717) is 11.1 Å². The van der Waals surface area contributed by atoms with Gasteiger partial charge in [0.1, 0.15) is 12.2 Å². The molecule has 2 aromatic carbocycles. The van der Waals surface area contributed by atoms with Gasteiger partial charge in [0, 0.05) is 0 Å². The minimum atomic E-state index is -1.27. The van der Waals surface area contributed by atoms with Crippen LogP contribution in [0, 0.1) is 0 Å². The molecule has 0 radical (unpaired) electrons. The summed E-state index contributed by atoms with van der Waals surface area (Å²) in [5.41, 5.74) is 0.686. The van der Waals surface area contributed by atoms with Gasteiger partial charge in [0.2, 0.25) is 0 Å². The van der Waals surface area contributed by atoms with E-state index in [4.69, 9.17) is 18.9 Å². The van der Waals surface area contributed by atoms with Crippen molar-refractivity contribution in [3.8, 4) is 0 Å². The Hall–Kier alpha value is -2.74. The molecule has 0 spiro atoms. The number of ether oxygens (including phenoxy) is 4. The minimum absolute atomic E-state index is 0.133. The number of carbonyl (C=O) groups excluding carboxylic acids is 2. The number of fused-ring (bicyclic) bond motifs is 2. The summed E-state index contributed by atoms with van der Waals surface area (Å²) in [7, 11) is 0. The average molecular weight is 370 g/mol. The quantitative estimate of drug-likeness (QED) is 0.817. The van der Waals surface area contributed by atoms with E-state index in [1.807, 2.05) is 0 Å². The zero-order chi connectivity index (χ0) is 18.8. The molecule has 0 amide bonds. The predicted molar refractivity (Wildman–Crippen MR) is 91.9 cm³/mol. The fourth-order valence-electron chi connectivity index (χ4n) is 3.16. The topological polar surface area (TPSA) is 91.3 Å². The number of aliphatic hydroxyl groups excluding tert-OH is 1. The zero-order valence-corrected chi connectivity index (χ0v) is 14.3. The Morgan fingerprint density at radius 1 is 0.852 bits per heavy atom. The molecule has 0 aliphatic carbocycles. The number of carbonyl (C=O) groups is 2. The van der Waals surface area contributed by atoms with Crippen LogP contribution in [0.15, 0.2) is 60.7 Å². The third kappa shape index (κ3) is 3.57. The van der Waals surface area contributed by atoms with E-state index in [2.05, 4.69) is 0 Å². The highest BCUT2D eigenvalue weighted by Gasteiger charge is 2.54. The van der Waals surface area contributed by atoms with Crippen LogP contribution in [0.2, 0.25) is 0 Å². The summed E-state index contributed by atoms with van der Waals surface area (Å²) in [5.74, 6) is -1.22. The lowest BCUT2D eigenvalue weighted by Crippen LogP contribution is -2.56. The molecule has 5 atom stereocenters. The molecule has 2 heterocycles. The second kappa shape index (κ2) is 7.48. The van der Waals surface area contributed by atoms with Crippen LogP contribution in [-0.2, 0) is 18.9 Å². The van der Waals surface area contributed by atoms with E-state index in [9.17, 15) is 14.7 Å². The number of aliphatic hydroxyl groups is 1. The highest BCUT2D eigenvalue weighted by molar-refractivity contribution is 5.90. The fraction of sp³-hybridized carbons (Fsp3) is 0.300. The minimum Gasteiger partial charge on any atom is -0.453 e. The van der Waals surface area contributed by atoms with Gasteiger partial charge >= 0.3 is 11.9 Å².